The summed E-state index contributed by atoms with van der Waals surface area (Å²) in [5.74, 6) is -1.73. The molecule has 18 nitrogen and oxygen atoms in total. The van der Waals surface area contributed by atoms with Gasteiger partial charge in [0, 0.05) is 54.4 Å². The molecule has 2 aromatic carbocycles. The molecule has 0 radical (unpaired) electrons. The number of alkyl carbamates (subject to hydrolysis) is 1. The van der Waals surface area contributed by atoms with E-state index in [0.717, 1.165) is 55.5 Å². The maximum atomic E-state index is 13.9. The zero-order valence-electron chi connectivity index (χ0n) is 38.7. The number of carboxylic acids is 1. The number of anilines is 2. The van der Waals surface area contributed by atoms with Crippen LogP contribution in [0.25, 0.3) is 22.3 Å². The number of pyridine rings is 1. The van der Waals surface area contributed by atoms with Crippen LogP contribution in [-0.4, -0.2) is 103 Å². The Morgan fingerprint density at radius 3 is 2.50 bits per heavy atom. The van der Waals surface area contributed by atoms with E-state index in [0.29, 0.717) is 60.0 Å². The van der Waals surface area contributed by atoms with Crippen molar-refractivity contribution in [3.63, 3.8) is 0 Å². The summed E-state index contributed by atoms with van der Waals surface area (Å²) in [4.78, 5) is 61.1. The third-order valence-corrected chi connectivity index (χ3v) is 14.6. The summed E-state index contributed by atoms with van der Waals surface area (Å²) in [7, 11) is -2.80. The zero-order chi connectivity index (χ0) is 48.4. The van der Waals surface area contributed by atoms with Crippen molar-refractivity contribution in [1.29, 1.82) is 0 Å². The van der Waals surface area contributed by atoms with E-state index in [1.165, 1.54) is 23.5 Å². The smallest absolute Gasteiger partial charge is 0.408 e. The molecule has 3 aliphatic rings. The summed E-state index contributed by atoms with van der Waals surface area (Å²) in [6.07, 6.45) is 8.25. The van der Waals surface area contributed by atoms with Crippen molar-refractivity contribution in [2.75, 3.05) is 30.8 Å². The summed E-state index contributed by atoms with van der Waals surface area (Å²) in [5.41, 5.74) is 0.747. The van der Waals surface area contributed by atoms with Crippen molar-refractivity contribution >= 4 is 67.0 Å². The largest absolute Gasteiger partial charge is 0.497 e. The quantitative estimate of drug-likeness (QED) is 0.0284. The van der Waals surface area contributed by atoms with E-state index in [1.807, 2.05) is 43.5 Å². The molecule has 0 bridgehead atoms. The molecule has 20 heteroatoms. The van der Waals surface area contributed by atoms with E-state index < -0.39 is 63.5 Å². The van der Waals surface area contributed by atoms with Gasteiger partial charge in [-0.05, 0) is 83.1 Å². The molecule has 0 spiro atoms. The molecule has 2 aromatic heterocycles. The van der Waals surface area contributed by atoms with Crippen LogP contribution in [0.5, 0.6) is 11.5 Å². The molecule has 1 saturated heterocycles. The number of nitrogens with zero attached hydrogens (tertiary/aromatic N) is 2. The highest BCUT2D eigenvalue weighted by atomic mass is 32.2. The van der Waals surface area contributed by atoms with Crippen LogP contribution in [0.3, 0.4) is 0 Å². The minimum Gasteiger partial charge on any atom is -0.497 e. The van der Waals surface area contributed by atoms with E-state index in [9.17, 15) is 32.7 Å². The van der Waals surface area contributed by atoms with Crippen LogP contribution >= 0.6 is 11.3 Å². The van der Waals surface area contributed by atoms with Crippen molar-refractivity contribution in [1.82, 2.24) is 30.6 Å². The molecular weight excluding hydrogens is 913 g/mol. The fourth-order valence-corrected chi connectivity index (χ4v) is 10.8. The first-order valence-electron chi connectivity index (χ1n) is 23.3. The topological polar surface area (TPSA) is 248 Å². The van der Waals surface area contributed by atoms with Crippen molar-refractivity contribution < 1.29 is 46.9 Å². The Kier molecular flexibility index (Phi) is 16.4. The third-order valence-electron chi connectivity index (χ3n) is 12.5. The fourth-order valence-electron chi connectivity index (χ4n) is 8.68. The number of nitrogens with one attached hydrogen (secondary N) is 6. The average Bonchev–Trinajstić information content (AvgIpc) is 3.76. The lowest BCUT2D eigenvalue weighted by atomic mass is 10.1. The summed E-state index contributed by atoms with van der Waals surface area (Å²) in [6.45, 7) is 8.68. The van der Waals surface area contributed by atoms with Gasteiger partial charge >= 0.3 is 12.1 Å². The number of rotatable bonds is 24. The molecule has 4 aromatic rings. The number of para-hydroxylation sites is 1. The van der Waals surface area contributed by atoms with Gasteiger partial charge in [0.15, 0.2) is 5.13 Å². The molecule has 2 saturated carbocycles. The fraction of sp³-hybridized carbons (Fsp3) is 0.500. The first-order valence-corrected chi connectivity index (χ1v) is 25.7. The number of carbonyl (C=O) groups is 4. The van der Waals surface area contributed by atoms with Crippen LogP contribution in [0, 0.1) is 5.92 Å². The molecule has 68 heavy (non-hydrogen) atoms. The number of aromatic nitrogens is 2. The van der Waals surface area contributed by atoms with Gasteiger partial charge in [0.05, 0.1) is 30.0 Å². The number of benzene rings is 2. The number of unbranched alkanes of at least 4 members (excludes halogenated alkanes) is 4. The van der Waals surface area contributed by atoms with Crippen LogP contribution in [0.15, 0.2) is 71.5 Å². The third kappa shape index (κ3) is 12.6. The van der Waals surface area contributed by atoms with Gasteiger partial charge in [0.2, 0.25) is 5.91 Å². The number of hydrogen-bond acceptors (Lipinski definition) is 15. The van der Waals surface area contributed by atoms with Crippen LogP contribution in [0.1, 0.15) is 90.9 Å². The summed E-state index contributed by atoms with van der Waals surface area (Å²) >= 11 is 1.48. The monoisotopic (exact) mass is 974 g/mol. The number of fused-ring (bicyclic) bond motifs is 1. The molecule has 7 N–H and O–H groups in total. The molecule has 3 heterocycles. The summed E-state index contributed by atoms with van der Waals surface area (Å²) in [5, 5.41) is 28.1. The Morgan fingerprint density at radius 2 is 1.76 bits per heavy atom. The van der Waals surface area contributed by atoms with Gasteiger partial charge in [-0.3, -0.25) is 9.59 Å². The molecule has 0 unspecified atom stereocenters. The second-order valence-electron chi connectivity index (χ2n) is 17.9. The van der Waals surface area contributed by atoms with Crippen LogP contribution in [0.4, 0.5) is 15.6 Å². The Labute approximate surface area is 400 Å². The number of sulfonamides is 1. The van der Waals surface area contributed by atoms with Crippen LogP contribution < -0.4 is 40.8 Å². The maximum Gasteiger partial charge on any atom is 0.408 e. The van der Waals surface area contributed by atoms with Gasteiger partial charge in [0.1, 0.15) is 45.9 Å². The lowest BCUT2D eigenvalue weighted by molar-refractivity contribution is -0.139. The van der Waals surface area contributed by atoms with Crippen LogP contribution in [0.2, 0.25) is 0 Å². The molecule has 7 rings (SSSR count). The molecule has 2 aliphatic carbocycles. The Balaban J connectivity index is 0.902. The van der Waals surface area contributed by atoms with Gasteiger partial charge in [-0.2, -0.15) is 0 Å². The molecule has 3 fully saturated rings. The molecule has 366 valence electrons. The zero-order valence-corrected chi connectivity index (χ0v) is 40.3. The highest BCUT2D eigenvalue weighted by molar-refractivity contribution is 7.90. The Bertz CT molecular complexity index is 2570. The minimum atomic E-state index is -4.39. The first kappa shape index (κ1) is 49.9. The van der Waals surface area contributed by atoms with Crippen LogP contribution in [-0.2, 0) is 29.1 Å². The molecule has 3 amide bonds. The Hall–Kier alpha value is -5.99. The van der Waals surface area contributed by atoms with E-state index in [4.69, 9.17) is 24.2 Å². The van der Waals surface area contributed by atoms with Gasteiger partial charge in [-0.1, -0.05) is 43.9 Å². The number of methoxy groups -OCH3 is 1. The van der Waals surface area contributed by atoms with Gasteiger partial charge in [-0.25, -0.2) is 32.7 Å². The highest BCUT2D eigenvalue weighted by Gasteiger charge is 2.61. The number of hydrogen-bond donors (Lipinski definition) is 7. The Morgan fingerprint density at radius 1 is 1.00 bits per heavy atom. The van der Waals surface area contributed by atoms with Crippen molar-refractivity contribution in [2.45, 2.75) is 132 Å². The van der Waals surface area contributed by atoms with E-state index >= 15 is 0 Å². The first-order chi connectivity index (χ1) is 32.7. The highest BCUT2D eigenvalue weighted by Crippen LogP contribution is 2.45. The van der Waals surface area contributed by atoms with Gasteiger partial charge in [0.25, 0.3) is 15.9 Å². The number of aliphatic carboxylic acids is 1. The van der Waals surface area contributed by atoms with Gasteiger partial charge < -0.3 is 45.9 Å². The van der Waals surface area contributed by atoms with E-state index in [1.54, 1.807) is 25.3 Å². The molecule has 5 atom stereocenters. The lowest BCUT2D eigenvalue weighted by Gasteiger charge is -2.22. The number of carbonyl (C=O) groups excluding carboxylic acids is 3. The summed E-state index contributed by atoms with van der Waals surface area (Å²) < 4.78 is 47.2. The number of thiazole rings is 1. The predicted octanol–water partition coefficient (Wildman–Crippen LogP) is 6.74. The van der Waals surface area contributed by atoms with E-state index in [2.05, 4.69) is 37.9 Å². The van der Waals surface area contributed by atoms with Gasteiger partial charge in [-0.15, -0.1) is 17.9 Å². The number of amides is 3. The van der Waals surface area contributed by atoms with E-state index in [-0.39, 0.29) is 36.3 Å². The molecular formula is C48H62N8O10S2. The normalized spacial score (nSPS) is 20.6. The van der Waals surface area contributed by atoms with Crippen molar-refractivity contribution in [2.24, 2.45) is 5.92 Å². The number of ether oxygens (including phenoxy) is 3. The minimum absolute atomic E-state index is 0.116. The summed E-state index contributed by atoms with van der Waals surface area (Å²) in [6, 6.07) is 12.1. The maximum absolute atomic E-state index is 13.9. The van der Waals surface area contributed by atoms with Crippen molar-refractivity contribution in [3.05, 3.63) is 66.6 Å². The second kappa shape index (κ2) is 22.4. The molecule has 1 aliphatic heterocycles. The lowest BCUT2D eigenvalue weighted by Crippen LogP contribution is -2.55. The SMILES string of the molecule is C=C[C@@H]1C[C@@]1(NC(=O)[C@@H]1C[C@@H](Oc2cc(-c3csc(NC(C)C)n3)nc3cc(OC)ccc23)CN1)C(=O)NS(=O)(=O)c1ccccc1NCCCCCCC[C@H](NC(=O)OC1CCCC1)C(=O)O. The van der Waals surface area contributed by atoms with Crippen molar-refractivity contribution in [3.8, 4) is 22.9 Å². The second-order valence-corrected chi connectivity index (χ2v) is 20.4. The standard InChI is InChI=1S/C48H62N8O10S2/c1-5-30-26-48(30,55-43(57)39-24-33(27-50-39)65-41-25-38(40-28-67-46(53-40)51-29(2)3)52-37-23-32(64-4)20-21-34(37)41)45(60)56-68(62,63)42-19-13-12-17-35(42)49-22-14-8-6-7-9-18-36(44(58)59)54-47(61)66-31-15-10-11-16-31/h5,12-13,17,19-21,23,25,28-31,33,36,39,49-50H,1,6-11,14-16,18,22,24,26-27H2,2-4H3,(H,51,53)(H,54,61)(H,55,57)(H,56,60)(H,58,59)/t30-,33-,36+,39+,48+/m1/s1. The number of carboxylic acid groups (broad SMARTS) is 1. The average molecular weight is 975 g/mol. The predicted molar refractivity (Wildman–Crippen MR) is 259 cm³/mol.